The van der Waals surface area contributed by atoms with E-state index in [0.29, 0.717) is 10.7 Å². The Kier molecular flexibility index (Phi) is 3.58. The van der Waals surface area contributed by atoms with Gasteiger partial charge in [-0.3, -0.25) is 10.1 Å². The lowest BCUT2D eigenvalue weighted by atomic mass is 10.1. The Labute approximate surface area is 128 Å². The summed E-state index contributed by atoms with van der Waals surface area (Å²) in [6.07, 6.45) is 3.58. The zero-order valence-electron chi connectivity index (χ0n) is 10.6. The van der Waals surface area contributed by atoms with Crippen LogP contribution in [0.25, 0.3) is 6.08 Å². The fraction of sp³-hybridized carbons (Fsp3) is 0.143. The predicted octanol–water partition coefficient (Wildman–Crippen LogP) is 3.63. The molecule has 1 aliphatic rings. The zero-order chi connectivity index (χ0) is 14.1. The summed E-state index contributed by atoms with van der Waals surface area (Å²) in [4.78, 5) is 17.3. The molecular formula is C14H11BrN2O2S. The SMILES string of the molecule is Cc1cnc(NC(=O)C2=Cc3cc(Br)ccc3OC2)s1. The van der Waals surface area contributed by atoms with Crippen molar-refractivity contribution in [2.24, 2.45) is 0 Å². The highest BCUT2D eigenvalue weighted by Crippen LogP contribution is 2.29. The molecule has 4 nitrogen and oxygen atoms in total. The number of nitrogens with one attached hydrogen (secondary N) is 1. The topological polar surface area (TPSA) is 51.2 Å². The second-order valence-electron chi connectivity index (χ2n) is 4.37. The van der Waals surface area contributed by atoms with E-state index in [-0.39, 0.29) is 12.5 Å². The first-order valence-corrected chi connectivity index (χ1v) is 7.59. The maximum Gasteiger partial charge on any atom is 0.256 e. The Morgan fingerprint density at radius 3 is 3.10 bits per heavy atom. The van der Waals surface area contributed by atoms with Crippen molar-refractivity contribution in [3.63, 3.8) is 0 Å². The summed E-state index contributed by atoms with van der Waals surface area (Å²) in [5, 5.41) is 3.39. The minimum Gasteiger partial charge on any atom is -0.488 e. The van der Waals surface area contributed by atoms with E-state index in [0.717, 1.165) is 20.7 Å². The number of aromatic nitrogens is 1. The van der Waals surface area contributed by atoms with Crippen LogP contribution in [0, 0.1) is 6.92 Å². The number of thiazole rings is 1. The predicted molar refractivity (Wildman–Crippen MR) is 83.1 cm³/mol. The normalized spacial score (nSPS) is 13.2. The number of hydrogen-bond donors (Lipinski definition) is 1. The Morgan fingerprint density at radius 1 is 1.50 bits per heavy atom. The fourth-order valence-electron chi connectivity index (χ4n) is 1.87. The summed E-state index contributed by atoms with van der Waals surface area (Å²) in [6.45, 7) is 2.22. The van der Waals surface area contributed by atoms with E-state index < -0.39 is 0 Å². The van der Waals surface area contributed by atoms with Crippen molar-refractivity contribution in [3.8, 4) is 5.75 Å². The van der Waals surface area contributed by atoms with Gasteiger partial charge in [-0.2, -0.15) is 0 Å². The molecule has 102 valence electrons. The van der Waals surface area contributed by atoms with E-state index in [4.69, 9.17) is 4.74 Å². The summed E-state index contributed by atoms with van der Waals surface area (Å²) in [5.74, 6) is 0.611. The number of halogens is 1. The number of benzene rings is 1. The van der Waals surface area contributed by atoms with E-state index in [1.54, 1.807) is 6.20 Å². The molecule has 1 N–H and O–H groups in total. The number of ether oxygens (including phenoxy) is 1. The van der Waals surface area contributed by atoms with Crippen LogP contribution in [0.2, 0.25) is 0 Å². The Bertz CT molecular complexity index is 709. The second-order valence-corrected chi connectivity index (χ2v) is 6.52. The highest BCUT2D eigenvalue weighted by Gasteiger charge is 2.18. The molecule has 0 bridgehead atoms. The van der Waals surface area contributed by atoms with E-state index in [1.165, 1.54) is 11.3 Å². The van der Waals surface area contributed by atoms with Crippen LogP contribution in [0.1, 0.15) is 10.4 Å². The first-order chi connectivity index (χ1) is 9.61. The molecule has 20 heavy (non-hydrogen) atoms. The Balaban J connectivity index is 1.82. The smallest absolute Gasteiger partial charge is 0.256 e. The van der Waals surface area contributed by atoms with Crippen molar-refractivity contribution in [1.82, 2.24) is 4.98 Å². The van der Waals surface area contributed by atoms with Gasteiger partial charge in [-0.15, -0.1) is 11.3 Å². The van der Waals surface area contributed by atoms with Gasteiger partial charge < -0.3 is 4.74 Å². The molecule has 2 heterocycles. The van der Waals surface area contributed by atoms with Gasteiger partial charge in [0.15, 0.2) is 5.13 Å². The highest BCUT2D eigenvalue weighted by molar-refractivity contribution is 9.10. The average Bonchev–Trinajstić information content (AvgIpc) is 2.83. The summed E-state index contributed by atoms with van der Waals surface area (Å²) in [6, 6.07) is 5.72. The third-order valence-electron chi connectivity index (χ3n) is 2.82. The molecule has 0 spiro atoms. The maximum atomic E-state index is 12.2. The molecule has 1 aromatic heterocycles. The summed E-state index contributed by atoms with van der Waals surface area (Å²) in [5.41, 5.74) is 1.48. The number of nitrogens with zero attached hydrogens (tertiary/aromatic N) is 1. The van der Waals surface area contributed by atoms with Gasteiger partial charge in [0.2, 0.25) is 0 Å². The molecular weight excluding hydrogens is 340 g/mol. The molecule has 0 radical (unpaired) electrons. The first kappa shape index (κ1) is 13.3. The van der Waals surface area contributed by atoms with Crippen molar-refractivity contribution in [2.45, 2.75) is 6.92 Å². The van der Waals surface area contributed by atoms with Gasteiger partial charge in [0.05, 0.1) is 5.57 Å². The summed E-state index contributed by atoms with van der Waals surface area (Å²) < 4.78 is 6.54. The van der Waals surface area contributed by atoms with E-state index in [1.807, 2.05) is 31.2 Å². The van der Waals surface area contributed by atoms with Crippen molar-refractivity contribution in [3.05, 3.63) is 44.9 Å². The number of fused-ring (bicyclic) bond motifs is 1. The van der Waals surface area contributed by atoms with Crippen LogP contribution >= 0.6 is 27.3 Å². The average molecular weight is 351 g/mol. The van der Waals surface area contributed by atoms with E-state index in [9.17, 15) is 4.79 Å². The molecule has 1 aliphatic heterocycles. The van der Waals surface area contributed by atoms with Crippen molar-refractivity contribution < 1.29 is 9.53 Å². The lowest BCUT2D eigenvalue weighted by Gasteiger charge is -2.17. The molecule has 6 heteroatoms. The standard InChI is InChI=1S/C14H11BrN2O2S/c1-8-6-16-14(20-8)17-13(18)10-4-9-5-11(15)2-3-12(9)19-7-10/h2-6H,7H2,1H3,(H,16,17,18). The number of hydrogen-bond acceptors (Lipinski definition) is 4. The molecule has 0 saturated carbocycles. The van der Waals surface area contributed by atoms with Gasteiger partial charge in [0.1, 0.15) is 12.4 Å². The van der Waals surface area contributed by atoms with Crippen LogP contribution in [-0.4, -0.2) is 17.5 Å². The highest BCUT2D eigenvalue weighted by atomic mass is 79.9. The molecule has 0 aliphatic carbocycles. The largest absolute Gasteiger partial charge is 0.488 e. The van der Waals surface area contributed by atoms with Gasteiger partial charge in [-0.25, -0.2) is 4.98 Å². The minimum absolute atomic E-state index is 0.176. The van der Waals surface area contributed by atoms with Gasteiger partial charge in [-0.05, 0) is 31.2 Å². The monoisotopic (exact) mass is 350 g/mol. The molecule has 0 unspecified atom stereocenters. The molecule has 2 aromatic rings. The Hall–Kier alpha value is -1.66. The van der Waals surface area contributed by atoms with Crippen LogP contribution in [-0.2, 0) is 4.79 Å². The lowest BCUT2D eigenvalue weighted by molar-refractivity contribution is -0.113. The molecule has 1 aromatic carbocycles. The van der Waals surface area contributed by atoms with Crippen molar-refractivity contribution >= 4 is 44.4 Å². The number of aryl methyl sites for hydroxylation is 1. The molecule has 0 saturated heterocycles. The van der Waals surface area contributed by atoms with Crippen molar-refractivity contribution in [1.29, 1.82) is 0 Å². The van der Waals surface area contributed by atoms with Crippen LogP contribution in [0.15, 0.2) is 34.4 Å². The third-order valence-corrected chi connectivity index (χ3v) is 4.14. The number of amides is 1. The Morgan fingerprint density at radius 2 is 2.35 bits per heavy atom. The molecule has 0 atom stereocenters. The van der Waals surface area contributed by atoms with E-state index in [2.05, 4.69) is 26.2 Å². The number of carbonyl (C=O) groups is 1. The van der Waals surface area contributed by atoms with Gasteiger partial charge in [0.25, 0.3) is 5.91 Å². The molecule has 3 rings (SSSR count). The minimum atomic E-state index is -0.176. The second kappa shape index (κ2) is 5.38. The fourth-order valence-corrected chi connectivity index (χ4v) is 2.91. The number of rotatable bonds is 2. The third kappa shape index (κ3) is 2.76. The first-order valence-electron chi connectivity index (χ1n) is 5.98. The van der Waals surface area contributed by atoms with Gasteiger partial charge >= 0.3 is 0 Å². The van der Waals surface area contributed by atoms with Crippen molar-refractivity contribution in [2.75, 3.05) is 11.9 Å². The van der Waals surface area contributed by atoms with Gasteiger partial charge in [0, 0.05) is 21.1 Å². The maximum absolute atomic E-state index is 12.2. The van der Waals surface area contributed by atoms with Crippen LogP contribution in [0.3, 0.4) is 0 Å². The van der Waals surface area contributed by atoms with Crippen LogP contribution in [0.5, 0.6) is 5.75 Å². The summed E-state index contributed by atoms with van der Waals surface area (Å²) >= 11 is 4.86. The van der Waals surface area contributed by atoms with E-state index >= 15 is 0 Å². The summed E-state index contributed by atoms with van der Waals surface area (Å²) in [7, 11) is 0. The quantitative estimate of drug-likeness (QED) is 0.899. The lowest BCUT2D eigenvalue weighted by Crippen LogP contribution is -2.21. The molecule has 1 amide bonds. The van der Waals surface area contributed by atoms with Crippen LogP contribution < -0.4 is 10.1 Å². The number of carbonyl (C=O) groups excluding carboxylic acids is 1. The zero-order valence-corrected chi connectivity index (χ0v) is 13.0. The van der Waals surface area contributed by atoms with Crippen LogP contribution in [0.4, 0.5) is 5.13 Å². The molecule has 0 fully saturated rings. The number of anilines is 1. The van der Waals surface area contributed by atoms with Gasteiger partial charge in [-0.1, -0.05) is 15.9 Å².